The Balaban J connectivity index is 0.00000169. The maximum absolute atomic E-state index is 11.4. The van der Waals surface area contributed by atoms with Crippen molar-refractivity contribution in [2.45, 2.75) is 25.0 Å². The van der Waals surface area contributed by atoms with Crippen molar-refractivity contribution in [1.82, 2.24) is 0 Å². The lowest BCUT2D eigenvalue weighted by atomic mass is 10.1. The molecule has 0 amide bonds. The molecule has 1 aromatic heterocycles. The molecule has 3 heterocycles. The summed E-state index contributed by atoms with van der Waals surface area (Å²) < 4.78 is 7.46. The zero-order chi connectivity index (χ0) is 15.9. The van der Waals surface area contributed by atoms with E-state index in [1.165, 1.54) is 12.3 Å². The topological polar surface area (TPSA) is 35.7 Å². The summed E-state index contributed by atoms with van der Waals surface area (Å²) in [7, 11) is 1.68. The van der Waals surface area contributed by atoms with Crippen molar-refractivity contribution in [3.63, 3.8) is 0 Å². The number of thiophene rings is 1. The van der Waals surface area contributed by atoms with Gasteiger partial charge in [-0.1, -0.05) is 6.07 Å². The fourth-order valence-corrected chi connectivity index (χ4v) is 4.44. The molecule has 24 heavy (non-hydrogen) atoms. The molecule has 4 rings (SSSR count). The molecule has 128 valence electrons. The van der Waals surface area contributed by atoms with E-state index < -0.39 is 5.72 Å². The molecule has 1 N–H and O–H groups in total. The van der Waals surface area contributed by atoms with Crippen LogP contribution in [0.5, 0.6) is 5.75 Å². The minimum Gasteiger partial charge on any atom is -1.00 e. The van der Waals surface area contributed by atoms with E-state index in [2.05, 4.69) is 21.6 Å². The largest absolute Gasteiger partial charge is 1.00 e. The predicted molar refractivity (Wildman–Crippen MR) is 92.5 cm³/mol. The van der Waals surface area contributed by atoms with E-state index in [1.54, 1.807) is 18.4 Å². The van der Waals surface area contributed by atoms with Gasteiger partial charge in [0.15, 0.2) is 6.54 Å². The lowest BCUT2D eigenvalue weighted by molar-refractivity contribution is -0.660. The van der Waals surface area contributed by atoms with Crippen LogP contribution in [0.1, 0.15) is 24.1 Å². The second kappa shape index (κ2) is 6.86. The highest BCUT2D eigenvalue weighted by atomic mass is 79.9. The Hall–Kier alpha value is -1.37. The second-order valence-electron chi connectivity index (χ2n) is 6.10. The van der Waals surface area contributed by atoms with Crippen LogP contribution in [-0.2, 0) is 5.72 Å². The Morgan fingerprint density at radius 2 is 2.00 bits per heavy atom. The summed E-state index contributed by atoms with van der Waals surface area (Å²) in [5, 5.41) is 13.5. The summed E-state index contributed by atoms with van der Waals surface area (Å²) in [6.45, 7) is 1.49. The molecular formula is C18H21BrN2O2S. The number of methoxy groups -OCH3 is 1. The molecule has 1 atom stereocenters. The quantitative estimate of drug-likeness (QED) is 0.727. The average Bonchev–Trinajstić information content (AvgIpc) is 3.23. The molecule has 1 unspecified atom stereocenters. The van der Waals surface area contributed by atoms with Crippen LogP contribution in [0.15, 0.2) is 41.8 Å². The molecule has 1 aromatic carbocycles. The van der Waals surface area contributed by atoms with Gasteiger partial charge in [-0.3, -0.25) is 0 Å². The second-order valence-corrected chi connectivity index (χ2v) is 7.05. The van der Waals surface area contributed by atoms with E-state index >= 15 is 0 Å². The fraction of sp³-hybridized carbons (Fsp3) is 0.389. The number of amidine groups is 1. The summed E-state index contributed by atoms with van der Waals surface area (Å²) in [5.41, 5.74) is 0.198. The molecule has 0 saturated heterocycles. The van der Waals surface area contributed by atoms with Crippen molar-refractivity contribution in [2.75, 3.05) is 25.1 Å². The summed E-state index contributed by atoms with van der Waals surface area (Å²) in [6, 6.07) is 12.1. The molecule has 0 spiro atoms. The van der Waals surface area contributed by atoms with Crippen molar-refractivity contribution >= 4 is 22.9 Å². The van der Waals surface area contributed by atoms with Gasteiger partial charge in [0.2, 0.25) is 0 Å². The zero-order valence-electron chi connectivity index (χ0n) is 13.6. The molecule has 0 saturated carbocycles. The van der Waals surface area contributed by atoms with Gasteiger partial charge in [-0.05, 0) is 48.6 Å². The van der Waals surface area contributed by atoms with Crippen LogP contribution in [0.25, 0.3) is 0 Å². The highest BCUT2D eigenvalue weighted by Gasteiger charge is 2.53. The Morgan fingerprint density at radius 1 is 1.21 bits per heavy atom. The molecule has 2 aliphatic heterocycles. The Bertz CT molecular complexity index is 730. The van der Waals surface area contributed by atoms with E-state index in [-0.39, 0.29) is 17.0 Å². The highest BCUT2D eigenvalue weighted by molar-refractivity contribution is 7.10. The lowest BCUT2D eigenvalue weighted by Gasteiger charge is -2.22. The fourth-order valence-electron chi connectivity index (χ4n) is 3.61. The number of hydrogen-bond donors (Lipinski definition) is 1. The first-order chi connectivity index (χ1) is 11.2. The zero-order valence-corrected chi connectivity index (χ0v) is 16.0. The van der Waals surface area contributed by atoms with Crippen LogP contribution in [0.2, 0.25) is 0 Å². The van der Waals surface area contributed by atoms with Gasteiger partial charge in [0.05, 0.1) is 18.5 Å². The SMILES string of the molecule is COc1ccc(N2CC(O)(c3cccs3)[N+]3=C2CCCC3)cc1.[Br-]. The molecule has 0 bridgehead atoms. The number of hydrogen-bond acceptors (Lipinski definition) is 4. The number of halogens is 1. The van der Waals surface area contributed by atoms with Crippen LogP contribution < -0.4 is 26.6 Å². The molecular weight excluding hydrogens is 388 g/mol. The molecule has 6 heteroatoms. The summed E-state index contributed by atoms with van der Waals surface area (Å²) in [4.78, 5) is 3.28. The minimum absolute atomic E-state index is 0. The van der Waals surface area contributed by atoms with Gasteiger partial charge in [-0.2, -0.15) is 0 Å². The number of anilines is 1. The monoisotopic (exact) mass is 408 g/mol. The standard InChI is InChI=1S/C18H21N2O2S.BrH/c1-22-15-9-7-14(8-10-15)19-13-18(21,16-5-4-12-23-16)20-11-3-2-6-17(19)20;/h4-5,7-10,12,21H,2-3,6,11,13H2,1H3;1H/q+1;/p-1. The average molecular weight is 409 g/mol. The number of nitrogens with zero attached hydrogens (tertiary/aromatic N) is 2. The van der Waals surface area contributed by atoms with E-state index in [0.717, 1.165) is 35.7 Å². The summed E-state index contributed by atoms with van der Waals surface area (Å²) in [6.07, 6.45) is 3.33. The summed E-state index contributed by atoms with van der Waals surface area (Å²) in [5.74, 6) is 2.09. The van der Waals surface area contributed by atoms with E-state index in [1.807, 2.05) is 29.6 Å². The highest BCUT2D eigenvalue weighted by Crippen LogP contribution is 2.37. The third-order valence-corrected chi connectivity index (χ3v) is 5.79. The first kappa shape index (κ1) is 17.5. The molecule has 4 nitrogen and oxygen atoms in total. The van der Waals surface area contributed by atoms with Gasteiger partial charge in [-0.25, -0.2) is 9.48 Å². The first-order valence-electron chi connectivity index (χ1n) is 8.04. The van der Waals surface area contributed by atoms with Crippen LogP contribution in [0.4, 0.5) is 5.69 Å². The van der Waals surface area contributed by atoms with Crippen LogP contribution in [0.3, 0.4) is 0 Å². The number of benzene rings is 1. The van der Waals surface area contributed by atoms with Gasteiger partial charge in [0.1, 0.15) is 11.4 Å². The molecule has 2 aliphatic rings. The lowest BCUT2D eigenvalue weighted by Crippen LogP contribution is -3.00. The molecule has 0 radical (unpaired) electrons. The van der Waals surface area contributed by atoms with Crippen LogP contribution >= 0.6 is 11.3 Å². The van der Waals surface area contributed by atoms with Gasteiger partial charge in [0, 0.05) is 6.42 Å². The molecule has 0 fully saturated rings. The first-order valence-corrected chi connectivity index (χ1v) is 8.92. The molecule has 0 aliphatic carbocycles. The van der Waals surface area contributed by atoms with Crippen molar-refractivity contribution < 1.29 is 31.4 Å². The maximum Gasteiger partial charge on any atom is 0.280 e. The van der Waals surface area contributed by atoms with Crippen molar-refractivity contribution in [2.24, 2.45) is 0 Å². The Labute approximate surface area is 156 Å². The van der Waals surface area contributed by atoms with Crippen molar-refractivity contribution in [3.05, 3.63) is 46.7 Å². The number of ether oxygens (including phenoxy) is 1. The third-order valence-electron chi connectivity index (χ3n) is 4.78. The van der Waals surface area contributed by atoms with E-state index in [9.17, 15) is 5.11 Å². The third kappa shape index (κ3) is 2.76. The van der Waals surface area contributed by atoms with Gasteiger partial charge >= 0.3 is 0 Å². The van der Waals surface area contributed by atoms with Gasteiger partial charge in [-0.15, -0.1) is 11.3 Å². The number of β-amino-alcohol motifs (C(OH)–C–C–N with tert-alkyl or cyclic N) is 1. The van der Waals surface area contributed by atoms with E-state index in [0.29, 0.717) is 6.54 Å². The minimum atomic E-state index is -0.913. The van der Waals surface area contributed by atoms with Crippen LogP contribution in [0, 0.1) is 0 Å². The summed E-state index contributed by atoms with van der Waals surface area (Å²) >= 11 is 1.63. The van der Waals surface area contributed by atoms with Crippen molar-refractivity contribution in [1.29, 1.82) is 0 Å². The predicted octanol–water partition coefficient (Wildman–Crippen LogP) is 0.0209. The normalized spacial score (nSPS) is 23.0. The smallest absolute Gasteiger partial charge is 0.280 e. The van der Waals surface area contributed by atoms with E-state index in [4.69, 9.17) is 4.74 Å². The Kier molecular flexibility index (Phi) is 4.99. The Morgan fingerprint density at radius 3 is 2.67 bits per heavy atom. The number of rotatable bonds is 3. The van der Waals surface area contributed by atoms with Gasteiger partial charge < -0.3 is 26.8 Å². The van der Waals surface area contributed by atoms with Crippen molar-refractivity contribution in [3.8, 4) is 5.75 Å². The maximum atomic E-state index is 11.4. The molecule has 2 aromatic rings. The van der Waals surface area contributed by atoms with Gasteiger partial charge in [0.25, 0.3) is 11.6 Å². The van der Waals surface area contributed by atoms with Crippen LogP contribution in [-0.4, -0.2) is 35.7 Å². The number of aliphatic hydroxyl groups is 1.